The van der Waals surface area contributed by atoms with Gasteiger partial charge in [0.25, 0.3) is 0 Å². The van der Waals surface area contributed by atoms with Crippen LogP contribution in [-0.2, 0) is 24.8 Å². The topological polar surface area (TPSA) is 72.9 Å². The number of amides is 1. The Morgan fingerprint density at radius 2 is 2.40 bits per heavy atom. The Balaban J connectivity index is 2.57. The molecular formula is C10H18N4O. The lowest BCUT2D eigenvalue weighted by atomic mass is 10.3. The van der Waals surface area contributed by atoms with Gasteiger partial charge in [-0.15, -0.1) is 0 Å². The van der Waals surface area contributed by atoms with Crippen LogP contribution in [0.5, 0.6) is 0 Å². The van der Waals surface area contributed by atoms with Gasteiger partial charge < -0.3 is 11.1 Å². The lowest BCUT2D eigenvalue weighted by molar-refractivity contribution is -0.119. The summed E-state index contributed by atoms with van der Waals surface area (Å²) in [5, 5.41) is 7.35. The van der Waals surface area contributed by atoms with E-state index in [4.69, 9.17) is 5.73 Å². The second-order valence-corrected chi connectivity index (χ2v) is 3.61. The van der Waals surface area contributed by atoms with Crippen LogP contribution in [-0.4, -0.2) is 21.7 Å². The summed E-state index contributed by atoms with van der Waals surface area (Å²) in [6.45, 7) is 4.42. The number of hydrogen-bond acceptors (Lipinski definition) is 3. The number of carbonyl (C=O) groups is 1. The van der Waals surface area contributed by atoms with Crippen LogP contribution in [0.4, 0.5) is 0 Å². The molecular weight excluding hydrogens is 192 g/mol. The van der Waals surface area contributed by atoms with E-state index in [1.807, 2.05) is 17.8 Å². The van der Waals surface area contributed by atoms with E-state index in [2.05, 4.69) is 17.3 Å². The first-order chi connectivity index (χ1) is 7.04. The maximum absolute atomic E-state index is 10.8. The number of rotatable bonds is 5. The van der Waals surface area contributed by atoms with E-state index in [-0.39, 0.29) is 11.9 Å². The molecule has 1 atom stereocenters. The summed E-state index contributed by atoms with van der Waals surface area (Å²) in [5.74, 6) is -0.340. The first-order valence-corrected chi connectivity index (χ1v) is 5.09. The zero-order chi connectivity index (χ0) is 11.4. The quantitative estimate of drug-likeness (QED) is 0.715. The van der Waals surface area contributed by atoms with Crippen LogP contribution in [0.15, 0.2) is 6.07 Å². The fraction of sp³-hybridized carbons (Fsp3) is 0.600. The molecule has 0 saturated carbocycles. The fourth-order valence-corrected chi connectivity index (χ4v) is 1.27. The zero-order valence-electron chi connectivity index (χ0n) is 9.45. The van der Waals surface area contributed by atoms with E-state index in [0.29, 0.717) is 6.54 Å². The van der Waals surface area contributed by atoms with Crippen LogP contribution in [0.1, 0.15) is 25.2 Å². The van der Waals surface area contributed by atoms with E-state index in [1.54, 1.807) is 6.92 Å². The van der Waals surface area contributed by atoms with Gasteiger partial charge in [-0.3, -0.25) is 9.48 Å². The molecule has 5 heteroatoms. The standard InChI is InChI=1S/C10H18N4O/c1-4-8-5-9(14(3)13-8)6-12-7(2)10(11)15/h5,7,12H,4,6H2,1-3H3,(H2,11,15). The monoisotopic (exact) mass is 210 g/mol. The normalized spacial score (nSPS) is 12.7. The maximum Gasteiger partial charge on any atom is 0.234 e. The molecule has 1 amide bonds. The summed E-state index contributed by atoms with van der Waals surface area (Å²) in [4.78, 5) is 10.8. The van der Waals surface area contributed by atoms with E-state index < -0.39 is 0 Å². The van der Waals surface area contributed by atoms with Crippen molar-refractivity contribution in [1.29, 1.82) is 0 Å². The maximum atomic E-state index is 10.8. The minimum absolute atomic E-state index is 0.315. The molecule has 1 rings (SSSR count). The Morgan fingerprint density at radius 3 is 2.87 bits per heavy atom. The fourth-order valence-electron chi connectivity index (χ4n) is 1.27. The number of nitrogens with one attached hydrogen (secondary N) is 1. The van der Waals surface area contributed by atoms with Crippen LogP contribution >= 0.6 is 0 Å². The third kappa shape index (κ3) is 3.06. The molecule has 0 aliphatic rings. The van der Waals surface area contributed by atoms with Gasteiger partial charge in [-0.05, 0) is 19.4 Å². The Bertz CT molecular complexity index is 345. The van der Waals surface area contributed by atoms with Crippen LogP contribution in [0.3, 0.4) is 0 Å². The summed E-state index contributed by atoms with van der Waals surface area (Å²) in [6, 6.07) is 1.71. The highest BCUT2D eigenvalue weighted by Gasteiger charge is 2.09. The number of carbonyl (C=O) groups excluding carboxylic acids is 1. The van der Waals surface area contributed by atoms with Crippen molar-refractivity contribution >= 4 is 5.91 Å². The highest BCUT2D eigenvalue weighted by Crippen LogP contribution is 2.03. The molecule has 0 saturated heterocycles. The Hall–Kier alpha value is -1.36. The van der Waals surface area contributed by atoms with Crippen molar-refractivity contribution in [2.75, 3.05) is 0 Å². The lowest BCUT2D eigenvalue weighted by Crippen LogP contribution is -2.38. The number of aromatic nitrogens is 2. The van der Waals surface area contributed by atoms with Gasteiger partial charge in [0.15, 0.2) is 0 Å². The molecule has 0 aliphatic heterocycles. The first-order valence-electron chi connectivity index (χ1n) is 5.09. The molecule has 3 N–H and O–H groups in total. The average Bonchev–Trinajstić information content (AvgIpc) is 2.55. The molecule has 5 nitrogen and oxygen atoms in total. The molecule has 1 heterocycles. The van der Waals surface area contributed by atoms with Crippen molar-refractivity contribution in [2.24, 2.45) is 12.8 Å². The van der Waals surface area contributed by atoms with Gasteiger partial charge in [-0.1, -0.05) is 6.92 Å². The molecule has 1 unspecified atom stereocenters. The minimum atomic E-state index is -0.340. The Morgan fingerprint density at radius 1 is 1.73 bits per heavy atom. The molecule has 0 aromatic carbocycles. The average molecular weight is 210 g/mol. The lowest BCUT2D eigenvalue weighted by Gasteiger charge is -2.09. The third-order valence-corrected chi connectivity index (χ3v) is 2.41. The number of hydrogen-bond donors (Lipinski definition) is 2. The largest absolute Gasteiger partial charge is 0.368 e. The van der Waals surface area contributed by atoms with Crippen LogP contribution in [0.2, 0.25) is 0 Å². The van der Waals surface area contributed by atoms with Crippen LogP contribution < -0.4 is 11.1 Å². The molecule has 0 aliphatic carbocycles. The summed E-state index contributed by atoms with van der Waals surface area (Å²) in [7, 11) is 1.89. The Kier molecular flexibility index (Phi) is 3.85. The summed E-state index contributed by atoms with van der Waals surface area (Å²) >= 11 is 0. The molecule has 0 radical (unpaired) electrons. The third-order valence-electron chi connectivity index (χ3n) is 2.41. The predicted octanol–water partition coefficient (Wildman–Crippen LogP) is -0.0541. The molecule has 1 aromatic heterocycles. The second-order valence-electron chi connectivity index (χ2n) is 3.61. The van der Waals surface area contributed by atoms with Crippen molar-refractivity contribution in [3.05, 3.63) is 17.5 Å². The molecule has 0 bridgehead atoms. The highest BCUT2D eigenvalue weighted by molar-refractivity contribution is 5.79. The number of nitrogens with zero attached hydrogens (tertiary/aromatic N) is 2. The molecule has 0 fully saturated rings. The summed E-state index contributed by atoms with van der Waals surface area (Å²) in [6.07, 6.45) is 0.916. The van der Waals surface area contributed by atoms with Gasteiger partial charge in [0.1, 0.15) is 0 Å². The number of nitrogens with two attached hydrogens (primary N) is 1. The SMILES string of the molecule is CCc1cc(CNC(C)C(N)=O)n(C)n1. The van der Waals surface area contributed by atoms with E-state index in [0.717, 1.165) is 17.8 Å². The minimum Gasteiger partial charge on any atom is -0.368 e. The van der Waals surface area contributed by atoms with Gasteiger partial charge in [-0.25, -0.2) is 0 Å². The zero-order valence-corrected chi connectivity index (χ0v) is 9.45. The smallest absolute Gasteiger partial charge is 0.234 e. The van der Waals surface area contributed by atoms with Crippen LogP contribution in [0, 0.1) is 0 Å². The van der Waals surface area contributed by atoms with Gasteiger partial charge >= 0.3 is 0 Å². The van der Waals surface area contributed by atoms with Gasteiger partial charge in [0, 0.05) is 13.6 Å². The van der Waals surface area contributed by atoms with E-state index in [9.17, 15) is 4.79 Å². The van der Waals surface area contributed by atoms with Gasteiger partial charge in [0.2, 0.25) is 5.91 Å². The molecule has 15 heavy (non-hydrogen) atoms. The number of aryl methyl sites for hydroxylation is 2. The Labute approximate surface area is 89.6 Å². The van der Waals surface area contributed by atoms with Gasteiger partial charge in [0.05, 0.1) is 17.4 Å². The van der Waals surface area contributed by atoms with Gasteiger partial charge in [-0.2, -0.15) is 5.10 Å². The second kappa shape index (κ2) is 4.93. The summed E-state index contributed by atoms with van der Waals surface area (Å²) in [5.41, 5.74) is 7.26. The van der Waals surface area contributed by atoms with Crippen molar-refractivity contribution in [3.63, 3.8) is 0 Å². The van der Waals surface area contributed by atoms with Crippen molar-refractivity contribution in [2.45, 2.75) is 32.9 Å². The molecule has 0 spiro atoms. The van der Waals surface area contributed by atoms with E-state index in [1.165, 1.54) is 0 Å². The summed E-state index contributed by atoms with van der Waals surface area (Å²) < 4.78 is 1.82. The van der Waals surface area contributed by atoms with Crippen molar-refractivity contribution < 1.29 is 4.79 Å². The van der Waals surface area contributed by atoms with Crippen molar-refractivity contribution in [1.82, 2.24) is 15.1 Å². The predicted molar refractivity (Wildman–Crippen MR) is 58.1 cm³/mol. The molecule has 1 aromatic rings. The van der Waals surface area contributed by atoms with E-state index >= 15 is 0 Å². The number of primary amides is 1. The molecule has 84 valence electrons. The highest BCUT2D eigenvalue weighted by atomic mass is 16.1. The van der Waals surface area contributed by atoms with Crippen molar-refractivity contribution in [3.8, 4) is 0 Å². The van der Waals surface area contributed by atoms with Crippen LogP contribution in [0.25, 0.3) is 0 Å². The first kappa shape index (κ1) is 11.7.